The van der Waals surface area contributed by atoms with Gasteiger partial charge in [0.15, 0.2) is 18.2 Å². The van der Waals surface area contributed by atoms with Crippen LogP contribution in [-0.4, -0.2) is 30.8 Å². The number of hydrogen-bond acceptors (Lipinski definition) is 4. The highest BCUT2D eigenvalue weighted by molar-refractivity contribution is 5.84. The molecule has 7 heteroatoms. The zero-order valence-corrected chi connectivity index (χ0v) is 15.4. The molecule has 0 aromatic heterocycles. The number of para-hydroxylation sites is 2. The van der Waals surface area contributed by atoms with Gasteiger partial charge in [-0.1, -0.05) is 30.3 Å². The minimum absolute atomic E-state index is 0.0417. The molecule has 2 amide bonds. The predicted molar refractivity (Wildman–Crippen MR) is 103 cm³/mol. The lowest BCUT2D eigenvalue weighted by molar-refractivity contribution is -0.124. The number of halogens is 1. The minimum atomic E-state index is -0.508. The number of amides is 2. The lowest BCUT2D eigenvalue weighted by Crippen LogP contribution is -2.43. The molecule has 0 spiro atoms. The van der Waals surface area contributed by atoms with Crippen molar-refractivity contribution in [2.45, 2.75) is 37.8 Å². The van der Waals surface area contributed by atoms with E-state index in [4.69, 9.17) is 9.47 Å². The summed E-state index contributed by atoms with van der Waals surface area (Å²) in [7, 11) is 0. The van der Waals surface area contributed by atoms with Crippen molar-refractivity contribution >= 4 is 17.7 Å². The Bertz CT molecular complexity index is 800. The van der Waals surface area contributed by atoms with Crippen LogP contribution in [0.1, 0.15) is 25.7 Å². The Balaban J connectivity index is 1.42. The van der Waals surface area contributed by atoms with Gasteiger partial charge in [0.25, 0.3) is 5.91 Å². The summed E-state index contributed by atoms with van der Waals surface area (Å²) in [5.74, 6) is -0.798. The first-order valence-electron chi connectivity index (χ1n) is 9.29. The molecule has 1 saturated carbocycles. The van der Waals surface area contributed by atoms with Crippen LogP contribution in [-0.2, 0) is 9.53 Å². The van der Waals surface area contributed by atoms with Gasteiger partial charge in [0, 0.05) is 18.2 Å². The number of rotatable bonds is 6. The van der Waals surface area contributed by atoms with Gasteiger partial charge in [-0.3, -0.25) is 10.1 Å². The van der Waals surface area contributed by atoms with Gasteiger partial charge in [0.1, 0.15) is 6.10 Å². The number of nitrogens with one attached hydrogen (secondary N) is 2. The highest BCUT2D eigenvalue weighted by Gasteiger charge is 2.26. The molecule has 0 unspecified atom stereocenters. The second-order valence-electron chi connectivity index (χ2n) is 6.67. The van der Waals surface area contributed by atoms with E-state index in [2.05, 4.69) is 10.6 Å². The molecule has 0 heterocycles. The number of benzene rings is 2. The van der Waals surface area contributed by atoms with E-state index in [1.165, 1.54) is 12.1 Å². The lowest BCUT2D eigenvalue weighted by atomic mass is 9.93. The Hall–Kier alpha value is -3.09. The van der Waals surface area contributed by atoms with E-state index in [1.54, 1.807) is 24.3 Å². The SMILES string of the molecule is O=C(COc1ccccc1F)N[C@@H]1CCC[C@H](OC(=O)Nc2ccccc2)C1. The summed E-state index contributed by atoms with van der Waals surface area (Å²) in [4.78, 5) is 24.1. The fourth-order valence-electron chi connectivity index (χ4n) is 3.18. The maximum Gasteiger partial charge on any atom is 0.411 e. The van der Waals surface area contributed by atoms with Crippen LogP contribution in [0.3, 0.4) is 0 Å². The molecule has 148 valence electrons. The molecule has 6 nitrogen and oxygen atoms in total. The molecule has 0 saturated heterocycles. The fraction of sp³-hybridized carbons (Fsp3) is 0.333. The van der Waals surface area contributed by atoms with E-state index in [0.29, 0.717) is 12.1 Å². The monoisotopic (exact) mass is 386 g/mol. The lowest BCUT2D eigenvalue weighted by Gasteiger charge is -2.29. The van der Waals surface area contributed by atoms with Gasteiger partial charge < -0.3 is 14.8 Å². The Morgan fingerprint density at radius 1 is 1.04 bits per heavy atom. The van der Waals surface area contributed by atoms with E-state index >= 15 is 0 Å². The smallest absolute Gasteiger partial charge is 0.411 e. The first-order chi connectivity index (χ1) is 13.6. The third-order valence-electron chi connectivity index (χ3n) is 4.48. The van der Waals surface area contributed by atoms with Gasteiger partial charge in [-0.15, -0.1) is 0 Å². The molecule has 1 aliphatic rings. The van der Waals surface area contributed by atoms with Gasteiger partial charge in [-0.25, -0.2) is 9.18 Å². The number of anilines is 1. The zero-order valence-electron chi connectivity index (χ0n) is 15.4. The number of carbonyl (C=O) groups is 2. The molecular weight excluding hydrogens is 363 g/mol. The van der Waals surface area contributed by atoms with Crippen LogP contribution in [0.4, 0.5) is 14.9 Å². The molecule has 1 aliphatic carbocycles. The first-order valence-corrected chi connectivity index (χ1v) is 9.29. The molecule has 28 heavy (non-hydrogen) atoms. The van der Waals surface area contributed by atoms with E-state index in [9.17, 15) is 14.0 Å². The van der Waals surface area contributed by atoms with Crippen molar-refractivity contribution in [1.82, 2.24) is 5.32 Å². The van der Waals surface area contributed by atoms with Crippen molar-refractivity contribution in [3.05, 3.63) is 60.4 Å². The van der Waals surface area contributed by atoms with Crippen molar-refractivity contribution in [1.29, 1.82) is 0 Å². The van der Waals surface area contributed by atoms with Crippen LogP contribution >= 0.6 is 0 Å². The van der Waals surface area contributed by atoms with Crippen molar-refractivity contribution in [2.75, 3.05) is 11.9 Å². The van der Waals surface area contributed by atoms with Crippen LogP contribution in [0, 0.1) is 5.82 Å². The maximum atomic E-state index is 13.5. The summed E-state index contributed by atoms with van der Waals surface area (Å²) in [5, 5.41) is 5.55. The van der Waals surface area contributed by atoms with Crippen LogP contribution in [0.15, 0.2) is 54.6 Å². The minimum Gasteiger partial charge on any atom is -0.481 e. The topological polar surface area (TPSA) is 76.7 Å². The molecule has 0 radical (unpaired) electrons. The number of hydrogen-bond donors (Lipinski definition) is 2. The molecule has 0 aliphatic heterocycles. The molecular formula is C21H23FN2O4. The van der Waals surface area contributed by atoms with Crippen molar-refractivity contribution in [3.8, 4) is 5.75 Å². The van der Waals surface area contributed by atoms with Crippen LogP contribution in [0.2, 0.25) is 0 Å². The summed E-state index contributed by atoms with van der Waals surface area (Å²) in [6.07, 6.45) is 2.14. The Morgan fingerprint density at radius 2 is 1.79 bits per heavy atom. The summed E-state index contributed by atoms with van der Waals surface area (Å²) in [5.41, 5.74) is 0.665. The molecule has 2 N–H and O–H groups in total. The van der Waals surface area contributed by atoms with Gasteiger partial charge in [0.2, 0.25) is 0 Å². The summed E-state index contributed by atoms with van der Waals surface area (Å²) < 4.78 is 24.2. The second kappa shape index (κ2) is 9.73. The molecule has 2 aromatic carbocycles. The van der Waals surface area contributed by atoms with Crippen LogP contribution in [0.25, 0.3) is 0 Å². The van der Waals surface area contributed by atoms with Crippen LogP contribution in [0.5, 0.6) is 5.75 Å². The molecule has 0 bridgehead atoms. The third kappa shape index (κ3) is 5.97. The third-order valence-corrected chi connectivity index (χ3v) is 4.48. The predicted octanol–water partition coefficient (Wildman–Crippen LogP) is 3.88. The number of carbonyl (C=O) groups excluding carboxylic acids is 2. The average Bonchev–Trinajstić information content (AvgIpc) is 2.68. The molecule has 1 fully saturated rings. The molecule has 2 aromatic rings. The van der Waals surface area contributed by atoms with E-state index in [1.807, 2.05) is 18.2 Å². The normalized spacial score (nSPS) is 18.8. The molecule has 3 rings (SSSR count). The van der Waals surface area contributed by atoms with Crippen LogP contribution < -0.4 is 15.4 Å². The Morgan fingerprint density at radius 3 is 2.57 bits per heavy atom. The van der Waals surface area contributed by atoms with Gasteiger partial charge >= 0.3 is 6.09 Å². The first kappa shape index (κ1) is 19.7. The van der Waals surface area contributed by atoms with Crippen molar-refractivity contribution < 1.29 is 23.5 Å². The largest absolute Gasteiger partial charge is 0.481 e. The summed E-state index contributed by atoms with van der Waals surface area (Å²) in [6, 6.07) is 14.9. The highest BCUT2D eigenvalue weighted by Crippen LogP contribution is 2.22. The van der Waals surface area contributed by atoms with E-state index in [-0.39, 0.29) is 30.4 Å². The van der Waals surface area contributed by atoms with E-state index < -0.39 is 11.9 Å². The van der Waals surface area contributed by atoms with Gasteiger partial charge in [0.05, 0.1) is 0 Å². The average molecular weight is 386 g/mol. The second-order valence-corrected chi connectivity index (χ2v) is 6.67. The quantitative estimate of drug-likeness (QED) is 0.790. The summed E-state index contributed by atoms with van der Waals surface area (Å²) >= 11 is 0. The standard InChI is InChI=1S/C21H23FN2O4/c22-18-11-4-5-12-19(18)27-14-20(25)23-16-9-6-10-17(13-16)28-21(26)24-15-7-2-1-3-8-15/h1-5,7-8,11-12,16-17H,6,9-10,13-14H2,(H,23,25)(H,24,26)/t16-,17+/m1/s1. The maximum absolute atomic E-state index is 13.5. The molecule has 2 atom stereocenters. The van der Waals surface area contributed by atoms with Crippen molar-refractivity contribution in [3.63, 3.8) is 0 Å². The van der Waals surface area contributed by atoms with Gasteiger partial charge in [-0.2, -0.15) is 0 Å². The number of ether oxygens (including phenoxy) is 2. The Kier molecular flexibility index (Phi) is 6.84. The summed E-state index contributed by atoms with van der Waals surface area (Å²) in [6.45, 7) is -0.266. The van der Waals surface area contributed by atoms with Gasteiger partial charge in [-0.05, 0) is 43.5 Å². The van der Waals surface area contributed by atoms with E-state index in [0.717, 1.165) is 19.3 Å². The highest BCUT2D eigenvalue weighted by atomic mass is 19.1. The fourth-order valence-corrected chi connectivity index (χ4v) is 3.18. The Labute approximate surface area is 163 Å². The van der Waals surface area contributed by atoms with Crippen molar-refractivity contribution in [2.24, 2.45) is 0 Å². The zero-order chi connectivity index (χ0) is 19.8.